The van der Waals surface area contributed by atoms with E-state index in [2.05, 4.69) is 10.6 Å². The highest BCUT2D eigenvalue weighted by Gasteiger charge is 2.31. The quantitative estimate of drug-likeness (QED) is 0.216. The second kappa shape index (κ2) is 11.0. The van der Waals surface area contributed by atoms with Crippen molar-refractivity contribution in [1.82, 2.24) is 10.6 Å². The fourth-order valence-electron chi connectivity index (χ4n) is 2.45. The highest BCUT2D eigenvalue weighted by molar-refractivity contribution is 5.92. The number of nitrogens with one attached hydrogen (secondary N) is 2. The molecule has 9 N–H and O–H groups in total. The molecule has 1 rings (SSSR count). The van der Waals surface area contributed by atoms with Crippen LogP contribution in [0, 0.1) is 0 Å². The van der Waals surface area contributed by atoms with Gasteiger partial charge in [0.25, 0.3) is 0 Å². The molecule has 0 heterocycles. The van der Waals surface area contributed by atoms with Crippen LogP contribution in [0.15, 0.2) is 24.3 Å². The third-order valence-corrected chi connectivity index (χ3v) is 4.09. The van der Waals surface area contributed by atoms with E-state index < -0.39 is 47.9 Å². The topological polar surface area (TPSA) is 205 Å². The van der Waals surface area contributed by atoms with Crippen molar-refractivity contribution in [3.05, 3.63) is 29.8 Å². The first kappa shape index (κ1) is 23.9. The van der Waals surface area contributed by atoms with Crippen molar-refractivity contribution in [2.24, 2.45) is 11.5 Å². The van der Waals surface area contributed by atoms with Crippen LogP contribution in [0.4, 0.5) is 0 Å². The van der Waals surface area contributed by atoms with Gasteiger partial charge in [-0.15, -0.1) is 0 Å². The second-order valence-electron chi connectivity index (χ2n) is 6.61. The molecule has 0 aliphatic carbocycles. The Morgan fingerprint density at radius 3 is 2.14 bits per heavy atom. The summed E-state index contributed by atoms with van der Waals surface area (Å²) < 4.78 is 0. The molecule has 3 amide bonds. The summed E-state index contributed by atoms with van der Waals surface area (Å²) in [4.78, 5) is 46.8. The minimum absolute atomic E-state index is 0.0573. The molecule has 160 valence electrons. The van der Waals surface area contributed by atoms with Crippen molar-refractivity contribution in [1.29, 1.82) is 0 Å². The van der Waals surface area contributed by atoms with Gasteiger partial charge in [-0.2, -0.15) is 0 Å². The fourth-order valence-corrected chi connectivity index (χ4v) is 2.45. The van der Waals surface area contributed by atoms with Gasteiger partial charge in [0.05, 0.1) is 12.1 Å². The average molecular weight is 410 g/mol. The fraction of sp³-hybridized carbons (Fsp3) is 0.444. The van der Waals surface area contributed by atoms with Gasteiger partial charge >= 0.3 is 5.97 Å². The first-order valence-electron chi connectivity index (χ1n) is 8.84. The first-order valence-corrected chi connectivity index (χ1v) is 8.84. The maximum atomic E-state index is 12.4. The van der Waals surface area contributed by atoms with Crippen LogP contribution in [0.2, 0.25) is 0 Å². The number of hydrogen-bond donors (Lipinski definition) is 7. The normalized spacial score (nSPS) is 14.9. The molecule has 0 aromatic heterocycles. The Morgan fingerprint density at radius 2 is 1.66 bits per heavy atom. The number of carboxylic acid groups (broad SMARTS) is 1. The van der Waals surface area contributed by atoms with E-state index in [1.165, 1.54) is 19.1 Å². The number of aliphatic hydroxyl groups excluding tert-OH is 1. The summed E-state index contributed by atoms with van der Waals surface area (Å²) in [7, 11) is 0. The monoisotopic (exact) mass is 410 g/mol. The number of aliphatic carboxylic acids is 1. The number of aliphatic hydroxyl groups is 1. The summed E-state index contributed by atoms with van der Waals surface area (Å²) >= 11 is 0. The highest BCUT2D eigenvalue weighted by Crippen LogP contribution is 2.11. The lowest BCUT2D eigenvalue weighted by atomic mass is 10.0. The molecule has 0 aliphatic heterocycles. The van der Waals surface area contributed by atoms with Crippen LogP contribution in [-0.4, -0.2) is 63.2 Å². The summed E-state index contributed by atoms with van der Waals surface area (Å²) in [5.41, 5.74) is 11.5. The van der Waals surface area contributed by atoms with E-state index in [4.69, 9.17) is 16.6 Å². The predicted octanol–water partition coefficient (Wildman–Crippen LogP) is -2.04. The average Bonchev–Trinajstić information content (AvgIpc) is 2.63. The van der Waals surface area contributed by atoms with Crippen molar-refractivity contribution >= 4 is 23.7 Å². The number of amides is 3. The summed E-state index contributed by atoms with van der Waals surface area (Å²) in [6.45, 7) is 1.25. The smallest absolute Gasteiger partial charge is 0.326 e. The van der Waals surface area contributed by atoms with E-state index in [1.54, 1.807) is 12.1 Å². The zero-order valence-corrected chi connectivity index (χ0v) is 15.9. The number of primary amides is 1. The Morgan fingerprint density at radius 1 is 1.07 bits per heavy atom. The minimum Gasteiger partial charge on any atom is -0.508 e. The molecule has 0 unspecified atom stereocenters. The molecule has 1 aromatic rings. The number of nitrogens with two attached hydrogens (primary N) is 2. The van der Waals surface area contributed by atoms with E-state index in [0.717, 1.165) is 0 Å². The molecule has 29 heavy (non-hydrogen) atoms. The molecule has 1 aromatic carbocycles. The maximum Gasteiger partial charge on any atom is 0.326 e. The van der Waals surface area contributed by atoms with E-state index in [0.29, 0.717) is 5.56 Å². The van der Waals surface area contributed by atoms with Crippen LogP contribution in [0.3, 0.4) is 0 Å². The van der Waals surface area contributed by atoms with Gasteiger partial charge in [0.15, 0.2) is 0 Å². The Balaban J connectivity index is 2.75. The number of phenolic OH excluding ortho intramolecular Hbond substituents is 1. The molecule has 0 bridgehead atoms. The van der Waals surface area contributed by atoms with E-state index >= 15 is 0 Å². The molecule has 11 nitrogen and oxygen atoms in total. The second-order valence-corrected chi connectivity index (χ2v) is 6.61. The molecule has 11 heteroatoms. The molecular weight excluding hydrogens is 384 g/mol. The van der Waals surface area contributed by atoms with Gasteiger partial charge in [0.2, 0.25) is 17.7 Å². The molecule has 4 atom stereocenters. The molecule has 0 aliphatic rings. The van der Waals surface area contributed by atoms with E-state index in [-0.39, 0.29) is 25.0 Å². The third-order valence-electron chi connectivity index (χ3n) is 4.09. The molecular formula is C18H26N4O7. The van der Waals surface area contributed by atoms with Gasteiger partial charge < -0.3 is 37.4 Å². The number of rotatable bonds is 11. The summed E-state index contributed by atoms with van der Waals surface area (Å²) in [5, 5.41) is 32.7. The summed E-state index contributed by atoms with van der Waals surface area (Å²) in [5.74, 6) is -3.74. The van der Waals surface area contributed by atoms with Gasteiger partial charge in [-0.1, -0.05) is 12.1 Å². The Labute approximate surface area is 167 Å². The van der Waals surface area contributed by atoms with Gasteiger partial charge in [0, 0.05) is 6.42 Å². The number of aromatic hydroxyl groups is 1. The maximum absolute atomic E-state index is 12.4. The van der Waals surface area contributed by atoms with Gasteiger partial charge in [0.1, 0.15) is 17.8 Å². The molecule has 0 saturated heterocycles. The third kappa shape index (κ3) is 8.15. The van der Waals surface area contributed by atoms with Crippen LogP contribution >= 0.6 is 0 Å². The first-order chi connectivity index (χ1) is 13.5. The van der Waals surface area contributed by atoms with Gasteiger partial charge in [-0.25, -0.2) is 4.79 Å². The minimum atomic E-state index is -1.45. The lowest BCUT2D eigenvalue weighted by molar-refractivity contribution is -0.143. The highest BCUT2D eigenvalue weighted by atomic mass is 16.4. The number of carboxylic acids is 1. The van der Waals surface area contributed by atoms with Crippen LogP contribution in [0.5, 0.6) is 5.75 Å². The van der Waals surface area contributed by atoms with E-state index in [9.17, 15) is 29.4 Å². The molecule has 0 fully saturated rings. The number of carbonyl (C=O) groups excluding carboxylic acids is 3. The standard InChI is InChI=1S/C18H26N4O7/c1-9(23)15(17(27)21-13(18(28)29)6-7-14(20)25)22-16(26)12(19)8-10-2-4-11(24)5-3-10/h2-5,9,12-13,15,23-24H,6-8,19H2,1H3,(H2,20,25)(H,21,27)(H,22,26)(H,28,29)/t9-,12+,13+,15+/m1/s1. The Bertz CT molecular complexity index is 736. The van der Waals surface area contributed by atoms with Crippen molar-refractivity contribution in [2.45, 2.75) is 50.4 Å². The molecule has 0 saturated carbocycles. The van der Waals surface area contributed by atoms with Crippen LogP contribution in [0.25, 0.3) is 0 Å². The zero-order valence-electron chi connectivity index (χ0n) is 15.9. The van der Waals surface area contributed by atoms with Crippen molar-refractivity contribution in [2.75, 3.05) is 0 Å². The molecule has 0 radical (unpaired) electrons. The van der Waals surface area contributed by atoms with Crippen LogP contribution < -0.4 is 22.1 Å². The number of hydrogen-bond acceptors (Lipinski definition) is 7. The van der Waals surface area contributed by atoms with Crippen molar-refractivity contribution in [3.8, 4) is 5.75 Å². The number of carbonyl (C=O) groups is 4. The largest absolute Gasteiger partial charge is 0.508 e. The Kier molecular flexibility index (Phi) is 9.03. The summed E-state index contributed by atoms with van der Waals surface area (Å²) in [6, 6.07) is 2.10. The Hall–Kier alpha value is -3.18. The number of benzene rings is 1. The van der Waals surface area contributed by atoms with Crippen LogP contribution in [0.1, 0.15) is 25.3 Å². The van der Waals surface area contributed by atoms with Crippen molar-refractivity contribution < 1.29 is 34.5 Å². The number of phenols is 1. The van der Waals surface area contributed by atoms with Crippen LogP contribution in [-0.2, 0) is 25.6 Å². The van der Waals surface area contributed by atoms with E-state index in [1.807, 2.05) is 0 Å². The lowest BCUT2D eigenvalue weighted by Gasteiger charge is -2.24. The van der Waals surface area contributed by atoms with Crippen molar-refractivity contribution in [3.63, 3.8) is 0 Å². The summed E-state index contributed by atoms with van der Waals surface area (Å²) in [6.07, 6.45) is -1.74. The van der Waals surface area contributed by atoms with Gasteiger partial charge in [-0.05, 0) is 37.5 Å². The zero-order chi connectivity index (χ0) is 22.1. The predicted molar refractivity (Wildman–Crippen MR) is 101 cm³/mol. The molecule has 0 spiro atoms. The van der Waals surface area contributed by atoms with Gasteiger partial charge in [-0.3, -0.25) is 14.4 Å². The lowest BCUT2D eigenvalue weighted by Crippen LogP contribution is -2.58. The SMILES string of the molecule is C[C@@H](O)[C@H](NC(=O)[C@@H](N)Cc1ccc(O)cc1)C(=O)N[C@@H](CCC(N)=O)C(=O)O.